The van der Waals surface area contributed by atoms with Gasteiger partial charge in [-0.3, -0.25) is 4.68 Å². The van der Waals surface area contributed by atoms with Crippen molar-refractivity contribution < 1.29 is 0 Å². The molecular formula is C11H20N4S. The first-order valence-corrected chi connectivity index (χ1v) is 6.96. The smallest absolute Gasteiger partial charge is 0.171 e. The van der Waals surface area contributed by atoms with Gasteiger partial charge in [0, 0.05) is 24.5 Å². The molecule has 1 fully saturated rings. The minimum absolute atomic E-state index is 0.393. The van der Waals surface area contributed by atoms with Gasteiger partial charge >= 0.3 is 0 Å². The lowest BCUT2D eigenvalue weighted by Crippen LogP contribution is -2.30. The third kappa shape index (κ3) is 2.29. The molecule has 0 spiro atoms. The Kier molecular flexibility index (Phi) is 3.33. The molecule has 4 nitrogen and oxygen atoms in total. The van der Waals surface area contributed by atoms with Gasteiger partial charge in [-0.05, 0) is 19.1 Å². The van der Waals surface area contributed by atoms with Gasteiger partial charge in [-0.15, -0.1) is 0 Å². The molecule has 0 radical (unpaired) electrons. The number of hydrogen-bond donors (Lipinski definition) is 2. The monoisotopic (exact) mass is 240 g/mol. The van der Waals surface area contributed by atoms with Crippen molar-refractivity contribution in [3.8, 4) is 0 Å². The number of hydrogen-bond acceptors (Lipinski definition) is 4. The highest BCUT2D eigenvalue weighted by Gasteiger charge is 2.32. The topological polar surface area (TPSA) is 55.9 Å². The average Bonchev–Trinajstić information content (AvgIpc) is 2.84. The molecule has 1 aromatic rings. The van der Waals surface area contributed by atoms with Crippen LogP contribution in [-0.2, 0) is 7.05 Å². The van der Waals surface area contributed by atoms with Crippen molar-refractivity contribution in [1.29, 1.82) is 0 Å². The van der Waals surface area contributed by atoms with E-state index in [1.807, 2.05) is 25.0 Å². The Bertz CT molecular complexity index is 355. The predicted molar refractivity (Wildman–Crippen MR) is 70.8 cm³/mol. The molecule has 1 aromatic heterocycles. The molecule has 0 atom stereocenters. The molecule has 5 heteroatoms. The molecule has 0 saturated heterocycles. The standard InChI is InChI=1S/C11H20N4S/c1-15-7-9(12)10(14-15)13-8-11(16-2)5-3-4-6-11/h7H,3-6,8,12H2,1-2H3,(H,13,14). The van der Waals surface area contributed by atoms with Crippen LogP contribution in [0.15, 0.2) is 6.20 Å². The molecule has 1 aliphatic rings. The zero-order chi connectivity index (χ0) is 11.6. The second-order valence-electron chi connectivity index (χ2n) is 4.55. The van der Waals surface area contributed by atoms with E-state index < -0.39 is 0 Å². The highest BCUT2D eigenvalue weighted by atomic mass is 32.2. The van der Waals surface area contributed by atoms with Gasteiger partial charge < -0.3 is 11.1 Å². The van der Waals surface area contributed by atoms with Crippen molar-refractivity contribution in [2.24, 2.45) is 7.05 Å². The number of rotatable bonds is 4. The van der Waals surface area contributed by atoms with E-state index in [0.717, 1.165) is 18.1 Å². The molecule has 90 valence electrons. The van der Waals surface area contributed by atoms with Crippen molar-refractivity contribution in [1.82, 2.24) is 9.78 Å². The maximum atomic E-state index is 5.86. The first-order valence-electron chi connectivity index (χ1n) is 5.73. The summed E-state index contributed by atoms with van der Waals surface area (Å²) in [5, 5.41) is 7.70. The third-order valence-electron chi connectivity index (χ3n) is 3.38. The summed E-state index contributed by atoms with van der Waals surface area (Å²) in [6, 6.07) is 0. The van der Waals surface area contributed by atoms with Gasteiger partial charge in [0.2, 0.25) is 0 Å². The summed E-state index contributed by atoms with van der Waals surface area (Å²) in [4.78, 5) is 0. The second kappa shape index (κ2) is 4.57. The molecule has 1 heterocycles. The molecule has 0 aliphatic heterocycles. The van der Waals surface area contributed by atoms with Crippen molar-refractivity contribution in [3.05, 3.63) is 6.20 Å². The van der Waals surface area contributed by atoms with Crippen LogP contribution in [0, 0.1) is 0 Å². The van der Waals surface area contributed by atoms with E-state index >= 15 is 0 Å². The number of nitrogen functional groups attached to an aromatic ring is 1. The second-order valence-corrected chi connectivity index (χ2v) is 5.83. The van der Waals surface area contributed by atoms with Crippen molar-refractivity contribution in [2.45, 2.75) is 30.4 Å². The van der Waals surface area contributed by atoms with E-state index in [-0.39, 0.29) is 0 Å². The van der Waals surface area contributed by atoms with Gasteiger partial charge in [-0.25, -0.2) is 0 Å². The van der Waals surface area contributed by atoms with Crippen molar-refractivity contribution in [2.75, 3.05) is 23.9 Å². The Morgan fingerprint density at radius 3 is 2.75 bits per heavy atom. The molecular weight excluding hydrogens is 220 g/mol. The molecule has 2 rings (SSSR count). The summed E-state index contributed by atoms with van der Waals surface area (Å²) < 4.78 is 2.14. The fourth-order valence-electron chi connectivity index (χ4n) is 2.36. The highest BCUT2D eigenvalue weighted by Crippen LogP contribution is 2.40. The maximum Gasteiger partial charge on any atom is 0.171 e. The van der Waals surface area contributed by atoms with Crippen LogP contribution < -0.4 is 11.1 Å². The number of anilines is 2. The van der Waals surface area contributed by atoms with E-state index in [9.17, 15) is 0 Å². The van der Waals surface area contributed by atoms with Crippen LogP contribution in [0.2, 0.25) is 0 Å². The number of thioether (sulfide) groups is 1. The third-order valence-corrected chi connectivity index (χ3v) is 4.80. The first-order chi connectivity index (χ1) is 7.65. The minimum Gasteiger partial charge on any atom is -0.394 e. The lowest BCUT2D eigenvalue weighted by molar-refractivity contribution is 0.637. The van der Waals surface area contributed by atoms with Gasteiger partial charge in [-0.1, -0.05) is 12.8 Å². The van der Waals surface area contributed by atoms with E-state index in [0.29, 0.717) is 4.75 Å². The Morgan fingerprint density at radius 1 is 1.56 bits per heavy atom. The van der Waals surface area contributed by atoms with E-state index in [1.165, 1.54) is 25.7 Å². The summed E-state index contributed by atoms with van der Waals surface area (Å²) in [7, 11) is 1.89. The Hall–Kier alpha value is -0.840. The van der Waals surface area contributed by atoms with Crippen molar-refractivity contribution in [3.63, 3.8) is 0 Å². The fourth-order valence-corrected chi connectivity index (χ4v) is 3.27. The largest absolute Gasteiger partial charge is 0.394 e. The summed E-state index contributed by atoms with van der Waals surface area (Å²) in [5.74, 6) is 0.822. The van der Waals surface area contributed by atoms with Gasteiger partial charge in [0.15, 0.2) is 5.82 Å². The number of nitrogens with one attached hydrogen (secondary N) is 1. The van der Waals surface area contributed by atoms with Crippen LogP contribution in [0.3, 0.4) is 0 Å². The first kappa shape index (κ1) is 11.6. The Morgan fingerprint density at radius 2 is 2.25 bits per heavy atom. The zero-order valence-electron chi connectivity index (χ0n) is 9.99. The SMILES string of the molecule is CSC1(CNc2nn(C)cc2N)CCCC1. The lowest BCUT2D eigenvalue weighted by atomic mass is 10.1. The average molecular weight is 240 g/mol. The van der Waals surface area contributed by atoms with E-state index in [2.05, 4.69) is 16.7 Å². The molecule has 0 bridgehead atoms. The molecule has 3 N–H and O–H groups in total. The van der Waals surface area contributed by atoms with Gasteiger partial charge in [-0.2, -0.15) is 16.9 Å². The molecule has 0 aromatic carbocycles. The molecule has 1 saturated carbocycles. The Labute approximate surface area is 101 Å². The normalized spacial score (nSPS) is 18.9. The van der Waals surface area contributed by atoms with Crippen molar-refractivity contribution >= 4 is 23.3 Å². The summed E-state index contributed by atoms with van der Waals surface area (Å²) >= 11 is 1.97. The molecule has 16 heavy (non-hydrogen) atoms. The quantitative estimate of drug-likeness (QED) is 0.846. The number of nitrogens with zero attached hydrogens (tertiary/aromatic N) is 2. The van der Waals surface area contributed by atoms with Crippen LogP contribution in [0.4, 0.5) is 11.5 Å². The van der Waals surface area contributed by atoms with Crippen LogP contribution in [0.25, 0.3) is 0 Å². The van der Waals surface area contributed by atoms with Gasteiger partial charge in [0.05, 0.1) is 5.69 Å². The Balaban J connectivity index is 1.98. The lowest BCUT2D eigenvalue weighted by Gasteiger charge is -2.26. The predicted octanol–water partition coefficient (Wildman–Crippen LogP) is 2.09. The van der Waals surface area contributed by atoms with E-state index in [1.54, 1.807) is 4.68 Å². The van der Waals surface area contributed by atoms with E-state index in [4.69, 9.17) is 5.73 Å². The van der Waals surface area contributed by atoms with Crippen LogP contribution >= 0.6 is 11.8 Å². The highest BCUT2D eigenvalue weighted by molar-refractivity contribution is 8.00. The molecule has 0 unspecified atom stereocenters. The summed E-state index contributed by atoms with van der Waals surface area (Å²) in [5.41, 5.74) is 6.59. The fraction of sp³-hybridized carbons (Fsp3) is 0.727. The van der Waals surface area contributed by atoms with Crippen LogP contribution in [0.5, 0.6) is 0 Å². The molecule has 0 amide bonds. The van der Waals surface area contributed by atoms with Crippen LogP contribution in [-0.4, -0.2) is 27.3 Å². The summed E-state index contributed by atoms with van der Waals surface area (Å²) in [6.45, 7) is 0.968. The number of aryl methyl sites for hydroxylation is 1. The maximum absolute atomic E-state index is 5.86. The zero-order valence-corrected chi connectivity index (χ0v) is 10.8. The van der Waals surface area contributed by atoms with Gasteiger partial charge in [0.1, 0.15) is 0 Å². The van der Waals surface area contributed by atoms with Crippen LogP contribution in [0.1, 0.15) is 25.7 Å². The number of nitrogens with two attached hydrogens (primary N) is 1. The number of aromatic nitrogens is 2. The van der Waals surface area contributed by atoms with Gasteiger partial charge in [0.25, 0.3) is 0 Å². The summed E-state index contributed by atoms with van der Waals surface area (Å²) in [6.07, 6.45) is 9.33. The minimum atomic E-state index is 0.393. The molecule has 1 aliphatic carbocycles.